The lowest BCUT2D eigenvalue weighted by atomic mass is 10.2. The van der Waals surface area contributed by atoms with Crippen molar-refractivity contribution in [2.45, 2.75) is 13.3 Å². The van der Waals surface area contributed by atoms with Gasteiger partial charge in [-0.3, -0.25) is 0 Å². The van der Waals surface area contributed by atoms with E-state index in [1.54, 1.807) is 0 Å². The van der Waals surface area contributed by atoms with Gasteiger partial charge in [0.1, 0.15) is 5.69 Å². The quantitative estimate of drug-likeness (QED) is 0.564. The molecule has 0 N–H and O–H groups in total. The molecule has 0 aromatic heterocycles. The topological polar surface area (TPSA) is 38.7 Å². The van der Waals surface area contributed by atoms with Crippen molar-refractivity contribution in [1.29, 1.82) is 0 Å². The van der Waals surface area contributed by atoms with E-state index in [4.69, 9.17) is 0 Å². The predicted octanol–water partition coefficient (Wildman–Crippen LogP) is 2.86. The maximum Gasteiger partial charge on any atom is 0.573 e. The summed E-state index contributed by atoms with van der Waals surface area (Å²) in [6, 6.07) is 3.97. The van der Waals surface area contributed by atoms with Crippen LogP contribution in [0.15, 0.2) is 23.2 Å². The number of benzene rings is 1. The lowest BCUT2D eigenvalue weighted by molar-refractivity contribution is -0.274. The average molecular weight is 217 g/mol. The van der Waals surface area contributed by atoms with Crippen LogP contribution in [-0.4, -0.2) is 12.4 Å². The van der Waals surface area contributed by atoms with Gasteiger partial charge in [0.25, 0.3) is 0 Å². The number of rotatable bonds is 2. The molecule has 0 bridgehead atoms. The van der Waals surface area contributed by atoms with Crippen molar-refractivity contribution in [1.82, 2.24) is 0 Å². The number of carbonyl (C=O) groups excluding carboxylic acids is 1. The number of alkyl halides is 3. The SMILES string of the molecule is Cc1cccc(OC(F)(F)F)c1N=C=O. The summed E-state index contributed by atoms with van der Waals surface area (Å²) in [6.45, 7) is 1.51. The summed E-state index contributed by atoms with van der Waals surface area (Å²) < 4.78 is 39.5. The fourth-order valence-corrected chi connectivity index (χ4v) is 1.03. The van der Waals surface area contributed by atoms with Gasteiger partial charge in [-0.25, -0.2) is 4.79 Å². The summed E-state index contributed by atoms with van der Waals surface area (Å²) in [5.41, 5.74) is 0.241. The van der Waals surface area contributed by atoms with Gasteiger partial charge in [0.05, 0.1) is 0 Å². The van der Waals surface area contributed by atoms with Crippen molar-refractivity contribution in [2.24, 2.45) is 4.99 Å². The number of halogens is 3. The highest BCUT2D eigenvalue weighted by Crippen LogP contribution is 2.34. The minimum atomic E-state index is -4.80. The molecular weight excluding hydrogens is 211 g/mol. The first-order chi connectivity index (χ1) is 6.94. The van der Waals surface area contributed by atoms with Gasteiger partial charge in [0.15, 0.2) is 5.75 Å². The monoisotopic (exact) mass is 217 g/mol. The number of nitrogens with zero attached hydrogens (tertiary/aromatic N) is 1. The van der Waals surface area contributed by atoms with E-state index in [1.165, 1.54) is 25.1 Å². The van der Waals surface area contributed by atoms with E-state index in [0.717, 1.165) is 6.07 Å². The second-order valence-corrected chi connectivity index (χ2v) is 2.67. The smallest absolute Gasteiger partial charge is 0.403 e. The van der Waals surface area contributed by atoms with Gasteiger partial charge in [0, 0.05) is 0 Å². The molecule has 0 fully saturated rings. The number of hydrogen-bond donors (Lipinski definition) is 0. The van der Waals surface area contributed by atoms with Crippen molar-refractivity contribution in [2.75, 3.05) is 0 Å². The Bertz CT molecular complexity index is 408. The van der Waals surface area contributed by atoms with Crippen LogP contribution >= 0.6 is 0 Å². The van der Waals surface area contributed by atoms with E-state index in [0.29, 0.717) is 5.56 Å². The molecule has 0 spiro atoms. The zero-order valence-corrected chi connectivity index (χ0v) is 7.63. The highest BCUT2D eigenvalue weighted by molar-refractivity contribution is 5.61. The third-order valence-corrected chi connectivity index (χ3v) is 1.58. The molecule has 0 radical (unpaired) electrons. The van der Waals surface area contributed by atoms with E-state index >= 15 is 0 Å². The molecule has 0 heterocycles. The molecule has 0 saturated heterocycles. The molecule has 0 saturated carbocycles. The lowest BCUT2D eigenvalue weighted by Gasteiger charge is -2.11. The molecule has 0 amide bonds. The number of ether oxygens (including phenoxy) is 1. The Morgan fingerprint density at radius 1 is 1.40 bits per heavy atom. The van der Waals surface area contributed by atoms with Crippen LogP contribution in [-0.2, 0) is 4.79 Å². The summed E-state index contributed by atoms with van der Waals surface area (Å²) in [6.07, 6.45) is -3.63. The molecule has 1 rings (SSSR count). The van der Waals surface area contributed by atoms with Gasteiger partial charge < -0.3 is 4.74 Å². The van der Waals surface area contributed by atoms with Crippen LogP contribution in [0.3, 0.4) is 0 Å². The van der Waals surface area contributed by atoms with Gasteiger partial charge in [0.2, 0.25) is 6.08 Å². The van der Waals surface area contributed by atoms with Crippen LogP contribution in [0.4, 0.5) is 18.9 Å². The first-order valence-electron chi connectivity index (χ1n) is 3.87. The number of aryl methyl sites for hydroxylation is 1. The summed E-state index contributed by atoms with van der Waals surface area (Å²) in [7, 11) is 0. The van der Waals surface area contributed by atoms with E-state index in [9.17, 15) is 18.0 Å². The van der Waals surface area contributed by atoms with Crippen LogP contribution in [0.25, 0.3) is 0 Å². The first kappa shape index (κ1) is 11.3. The third kappa shape index (κ3) is 3.11. The Labute approximate surface area is 83.2 Å². The zero-order valence-electron chi connectivity index (χ0n) is 7.63. The average Bonchev–Trinajstić information content (AvgIpc) is 2.08. The highest BCUT2D eigenvalue weighted by atomic mass is 19.4. The molecule has 6 heteroatoms. The van der Waals surface area contributed by atoms with Crippen LogP contribution in [0.2, 0.25) is 0 Å². The standard InChI is InChI=1S/C9H6F3NO2/c1-6-3-2-4-7(8(6)13-5-14)15-9(10,11)12/h2-4H,1H3. The largest absolute Gasteiger partial charge is 0.573 e. The predicted molar refractivity (Wildman–Crippen MR) is 45.6 cm³/mol. The second kappa shape index (κ2) is 4.14. The third-order valence-electron chi connectivity index (χ3n) is 1.58. The Balaban J connectivity index is 3.17. The molecule has 1 aromatic rings. The number of para-hydroxylation sites is 1. The fourth-order valence-electron chi connectivity index (χ4n) is 1.03. The Kier molecular flexibility index (Phi) is 3.11. The molecule has 1 aromatic carbocycles. The van der Waals surface area contributed by atoms with Crippen LogP contribution < -0.4 is 4.74 Å². The fraction of sp³-hybridized carbons (Fsp3) is 0.222. The van der Waals surface area contributed by atoms with Crippen LogP contribution in [0.5, 0.6) is 5.75 Å². The maximum absolute atomic E-state index is 11.9. The number of hydrogen-bond acceptors (Lipinski definition) is 3. The van der Waals surface area contributed by atoms with E-state index < -0.39 is 12.1 Å². The maximum atomic E-state index is 11.9. The van der Waals surface area contributed by atoms with Gasteiger partial charge >= 0.3 is 6.36 Å². The highest BCUT2D eigenvalue weighted by Gasteiger charge is 2.32. The van der Waals surface area contributed by atoms with Gasteiger partial charge in [-0.15, -0.1) is 13.2 Å². The van der Waals surface area contributed by atoms with Crippen molar-refractivity contribution in [3.05, 3.63) is 23.8 Å². The second-order valence-electron chi connectivity index (χ2n) is 2.67. The van der Waals surface area contributed by atoms with Crippen molar-refractivity contribution in [3.8, 4) is 5.75 Å². The van der Waals surface area contributed by atoms with Gasteiger partial charge in [-0.1, -0.05) is 12.1 Å². The van der Waals surface area contributed by atoms with Crippen LogP contribution in [0.1, 0.15) is 5.56 Å². The van der Waals surface area contributed by atoms with E-state index in [1.807, 2.05) is 0 Å². The summed E-state index contributed by atoms with van der Waals surface area (Å²) in [5.74, 6) is -0.508. The van der Waals surface area contributed by atoms with Gasteiger partial charge in [-0.05, 0) is 18.6 Å². The van der Waals surface area contributed by atoms with Crippen molar-refractivity contribution in [3.63, 3.8) is 0 Å². The summed E-state index contributed by atoms with van der Waals surface area (Å²) >= 11 is 0. The summed E-state index contributed by atoms with van der Waals surface area (Å²) in [5, 5.41) is 0. The van der Waals surface area contributed by atoms with E-state index in [2.05, 4.69) is 9.73 Å². The van der Waals surface area contributed by atoms with Crippen molar-refractivity contribution < 1.29 is 22.7 Å². The number of aliphatic imine (C=N–C) groups is 1. The molecule has 0 aliphatic carbocycles. The van der Waals surface area contributed by atoms with Crippen LogP contribution in [0, 0.1) is 6.92 Å². The summed E-state index contributed by atoms with van der Waals surface area (Å²) in [4.78, 5) is 13.2. The molecule has 15 heavy (non-hydrogen) atoms. The zero-order chi connectivity index (χ0) is 11.5. The Hall–Kier alpha value is -1.81. The molecule has 0 atom stereocenters. The minimum Gasteiger partial charge on any atom is -0.403 e. The molecule has 0 aliphatic rings. The molecule has 0 aliphatic heterocycles. The normalized spacial score (nSPS) is 10.7. The van der Waals surface area contributed by atoms with Gasteiger partial charge in [-0.2, -0.15) is 4.99 Å². The first-order valence-corrected chi connectivity index (χ1v) is 3.87. The lowest BCUT2D eigenvalue weighted by Crippen LogP contribution is -2.17. The van der Waals surface area contributed by atoms with E-state index in [-0.39, 0.29) is 5.69 Å². The molecule has 0 unspecified atom stereocenters. The Morgan fingerprint density at radius 3 is 2.60 bits per heavy atom. The van der Waals surface area contributed by atoms with Crippen molar-refractivity contribution >= 4 is 11.8 Å². The Morgan fingerprint density at radius 2 is 2.07 bits per heavy atom. The number of isocyanates is 1. The molecular formula is C9H6F3NO2. The minimum absolute atomic E-state index is 0.162. The molecule has 80 valence electrons. The molecule has 3 nitrogen and oxygen atoms in total.